The second-order valence-electron chi connectivity index (χ2n) is 3.26. The lowest BCUT2D eigenvalue weighted by Crippen LogP contribution is -2.17. The van der Waals surface area contributed by atoms with E-state index in [-0.39, 0.29) is 12.6 Å². The van der Waals surface area contributed by atoms with Crippen molar-refractivity contribution in [3.8, 4) is 0 Å². The summed E-state index contributed by atoms with van der Waals surface area (Å²) in [4.78, 5) is 0. The minimum atomic E-state index is -3.31. The zero-order valence-electron chi connectivity index (χ0n) is 8.73. The van der Waals surface area contributed by atoms with Gasteiger partial charge in [-0.1, -0.05) is 0 Å². The Morgan fingerprint density at radius 3 is 2.43 bits per heavy atom. The monoisotopic (exact) mass is 225 g/mol. The van der Waals surface area contributed by atoms with Crippen molar-refractivity contribution in [2.24, 2.45) is 5.73 Å². The zero-order chi connectivity index (χ0) is 11.0. The van der Waals surface area contributed by atoms with Gasteiger partial charge < -0.3 is 10.5 Å². The fourth-order valence-corrected chi connectivity index (χ4v) is 1.16. The fourth-order valence-electron chi connectivity index (χ4n) is 0.743. The van der Waals surface area contributed by atoms with E-state index in [1.165, 1.54) is 0 Å². The van der Waals surface area contributed by atoms with Crippen LogP contribution in [0.1, 0.15) is 19.8 Å². The van der Waals surface area contributed by atoms with E-state index in [9.17, 15) is 8.42 Å². The summed E-state index contributed by atoms with van der Waals surface area (Å²) in [5.41, 5.74) is 5.51. The molecule has 1 unspecified atom stereocenters. The van der Waals surface area contributed by atoms with E-state index in [1.54, 1.807) is 0 Å². The third-order valence-corrected chi connectivity index (χ3v) is 2.04. The molecule has 2 N–H and O–H groups in total. The Kier molecular flexibility index (Phi) is 7.08. The topological polar surface area (TPSA) is 78.6 Å². The number of rotatable bonds is 8. The molecule has 14 heavy (non-hydrogen) atoms. The molecular formula is C8H19NO4S. The van der Waals surface area contributed by atoms with Crippen molar-refractivity contribution >= 4 is 10.1 Å². The van der Waals surface area contributed by atoms with Crippen molar-refractivity contribution in [2.75, 3.05) is 26.1 Å². The third-order valence-electron chi connectivity index (χ3n) is 1.45. The molecule has 0 aliphatic rings. The summed E-state index contributed by atoms with van der Waals surface area (Å²) in [5, 5.41) is 0. The number of nitrogens with two attached hydrogens (primary N) is 1. The minimum absolute atomic E-state index is 0.141. The molecule has 1 atom stereocenters. The van der Waals surface area contributed by atoms with Gasteiger partial charge in [-0.05, 0) is 19.8 Å². The summed E-state index contributed by atoms with van der Waals surface area (Å²) in [6, 6.07) is 0.141. The average molecular weight is 225 g/mol. The Morgan fingerprint density at radius 1 is 1.29 bits per heavy atom. The lowest BCUT2D eigenvalue weighted by Gasteiger charge is -2.06. The third kappa shape index (κ3) is 11.8. The lowest BCUT2D eigenvalue weighted by atomic mass is 10.3. The molecule has 5 nitrogen and oxygen atoms in total. The Balaban J connectivity index is 3.15. The highest BCUT2D eigenvalue weighted by Gasteiger charge is 2.00. The van der Waals surface area contributed by atoms with Gasteiger partial charge in [-0.2, -0.15) is 8.42 Å². The summed E-state index contributed by atoms with van der Waals surface area (Å²) in [7, 11) is -3.31. The maximum Gasteiger partial charge on any atom is 0.264 e. The summed E-state index contributed by atoms with van der Waals surface area (Å²) < 4.78 is 30.8. The van der Waals surface area contributed by atoms with Crippen molar-refractivity contribution in [2.45, 2.75) is 25.8 Å². The first kappa shape index (κ1) is 13.8. The van der Waals surface area contributed by atoms with Crippen LogP contribution in [0.4, 0.5) is 0 Å². The first-order valence-corrected chi connectivity index (χ1v) is 6.41. The Labute approximate surface area is 85.7 Å². The van der Waals surface area contributed by atoms with Crippen LogP contribution < -0.4 is 5.73 Å². The van der Waals surface area contributed by atoms with Crippen LogP contribution in [0.3, 0.4) is 0 Å². The zero-order valence-corrected chi connectivity index (χ0v) is 9.55. The lowest BCUT2D eigenvalue weighted by molar-refractivity contribution is 0.115. The SMILES string of the molecule is CC(N)CCOCCCOS(C)(=O)=O. The first-order chi connectivity index (χ1) is 6.42. The molecule has 0 amide bonds. The fraction of sp³-hybridized carbons (Fsp3) is 1.00. The van der Waals surface area contributed by atoms with Gasteiger partial charge in [0, 0.05) is 19.3 Å². The van der Waals surface area contributed by atoms with Gasteiger partial charge in [0.15, 0.2) is 0 Å². The molecule has 0 fully saturated rings. The smallest absolute Gasteiger partial charge is 0.264 e. The van der Waals surface area contributed by atoms with E-state index in [0.29, 0.717) is 19.6 Å². The Bertz CT molecular complexity index is 225. The van der Waals surface area contributed by atoms with Crippen LogP contribution in [0.15, 0.2) is 0 Å². The molecule has 0 aromatic rings. The van der Waals surface area contributed by atoms with Crippen LogP contribution >= 0.6 is 0 Å². The standard InChI is InChI=1S/C8H19NO4S/c1-8(9)4-7-12-5-3-6-13-14(2,10)11/h8H,3-7,9H2,1-2H3. The van der Waals surface area contributed by atoms with Gasteiger partial charge in [0.25, 0.3) is 10.1 Å². The van der Waals surface area contributed by atoms with Gasteiger partial charge in [0.1, 0.15) is 0 Å². The van der Waals surface area contributed by atoms with Gasteiger partial charge in [-0.15, -0.1) is 0 Å². The molecule has 0 spiro atoms. The second-order valence-corrected chi connectivity index (χ2v) is 4.90. The van der Waals surface area contributed by atoms with E-state index in [0.717, 1.165) is 12.7 Å². The highest BCUT2D eigenvalue weighted by atomic mass is 32.2. The van der Waals surface area contributed by atoms with Crippen molar-refractivity contribution in [3.63, 3.8) is 0 Å². The highest BCUT2D eigenvalue weighted by molar-refractivity contribution is 7.85. The summed E-state index contributed by atoms with van der Waals surface area (Å²) >= 11 is 0. The molecule has 86 valence electrons. The number of ether oxygens (including phenoxy) is 1. The Hall–Kier alpha value is -0.170. The van der Waals surface area contributed by atoms with Crippen molar-refractivity contribution < 1.29 is 17.3 Å². The first-order valence-electron chi connectivity index (χ1n) is 4.59. The molecule has 0 saturated heterocycles. The van der Waals surface area contributed by atoms with E-state index in [2.05, 4.69) is 4.18 Å². The van der Waals surface area contributed by atoms with E-state index in [1.807, 2.05) is 6.92 Å². The van der Waals surface area contributed by atoms with E-state index in [4.69, 9.17) is 10.5 Å². The van der Waals surface area contributed by atoms with E-state index < -0.39 is 10.1 Å². The number of hydrogen-bond donors (Lipinski definition) is 1. The van der Waals surface area contributed by atoms with Crippen LogP contribution in [0.2, 0.25) is 0 Å². The van der Waals surface area contributed by atoms with Gasteiger partial charge >= 0.3 is 0 Å². The average Bonchev–Trinajstić information content (AvgIpc) is 2.00. The Morgan fingerprint density at radius 2 is 1.93 bits per heavy atom. The molecule has 0 aliphatic carbocycles. The highest BCUT2D eigenvalue weighted by Crippen LogP contribution is 1.92. The van der Waals surface area contributed by atoms with Crippen LogP contribution in [0, 0.1) is 0 Å². The minimum Gasteiger partial charge on any atom is -0.381 e. The largest absolute Gasteiger partial charge is 0.381 e. The predicted octanol–water partition coefficient (Wildman–Crippen LogP) is 0.107. The maximum atomic E-state index is 10.5. The molecule has 0 rings (SSSR count). The molecule has 0 heterocycles. The normalized spacial score (nSPS) is 14.2. The van der Waals surface area contributed by atoms with Crippen molar-refractivity contribution in [1.29, 1.82) is 0 Å². The molecule has 0 aromatic heterocycles. The molecule has 0 bridgehead atoms. The molecule has 0 aliphatic heterocycles. The van der Waals surface area contributed by atoms with Crippen LogP contribution in [-0.4, -0.2) is 40.5 Å². The second kappa shape index (κ2) is 7.17. The van der Waals surface area contributed by atoms with Crippen LogP contribution in [0.25, 0.3) is 0 Å². The molecule has 0 radical (unpaired) electrons. The molecule has 0 saturated carbocycles. The van der Waals surface area contributed by atoms with E-state index >= 15 is 0 Å². The number of hydrogen-bond acceptors (Lipinski definition) is 5. The predicted molar refractivity (Wildman–Crippen MR) is 54.5 cm³/mol. The van der Waals surface area contributed by atoms with Gasteiger partial charge in [0.05, 0.1) is 12.9 Å². The summed E-state index contributed by atoms with van der Waals surface area (Å²) in [6.45, 7) is 3.20. The summed E-state index contributed by atoms with van der Waals surface area (Å²) in [6.07, 6.45) is 2.42. The van der Waals surface area contributed by atoms with Crippen molar-refractivity contribution in [1.82, 2.24) is 0 Å². The van der Waals surface area contributed by atoms with Gasteiger partial charge in [-0.25, -0.2) is 0 Å². The molecular weight excluding hydrogens is 206 g/mol. The molecule has 6 heteroatoms. The molecule has 0 aromatic carbocycles. The maximum absolute atomic E-state index is 10.5. The summed E-state index contributed by atoms with van der Waals surface area (Å²) in [5.74, 6) is 0. The van der Waals surface area contributed by atoms with Crippen LogP contribution in [-0.2, 0) is 19.0 Å². The van der Waals surface area contributed by atoms with Crippen LogP contribution in [0.5, 0.6) is 0 Å². The van der Waals surface area contributed by atoms with Gasteiger partial charge in [0.2, 0.25) is 0 Å². The van der Waals surface area contributed by atoms with Crippen molar-refractivity contribution in [3.05, 3.63) is 0 Å². The van der Waals surface area contributed by atoms with Gasteiger partial charge in [-0.3, -0.25) is 4.18 Å². The quantitative estimate of drug-likeness (QED) is 0.468.